The molecule has 8 N–H and O–H groups in total. The Bertz CT molecular complexity index is 5190. The predicted octanol–water partition coefficient (Wildman–Crippen LogP) is 5.77. The number of aromatic nitrogens is 8. The van der Waals surface area contributed by atoms with Crippen molar-refractivity contribution in [3.63, 3.8) is 0 Å². The van der Waals surface area contributed by atoms with Crippen molar-refractivity contribution in [3.05, 3.63) is 165 Å². The molecule has 12 heterocycles. The van der Waals surface area contributed by atoms with Gasteiger partial charge < -0.3 is 42.5 Å². The lowest BCUT2D eigenvalue weighted by Crippen LogP contribution is -2.43. The average Bonchev–Trinajstić information content (AvgIpc) is 1.78. The predicted molar refractivity (Wildman–Crippen MR) is 409 cm³/mol. The van der Waals surface area contributed by atoms with Crippen LogP contribution in [0.15, 0.2) is 118 Å². The molecule has 0 saturated heterocycles. The second kappa shape index (κ2) is 30.5. The fourth-order valence-electron chi connectivity index (χ4n) is 16.5. The molecule has 0 bridgehead atoms. The molecule has 3 fully saturated rings. The average molecular weight is 1470 g/mol. The smallest absolute Gasteiger partial charge is 0.226 e. The number of hydrogen-bond acceptors (Lipinski definition) is 20. The van der Waals surface area contributed by atoms with E-state index in [1.165, 1.54) is 0 Å². The van der Waals surface area contributed by atoms with Crippen molar-refractivity contribution in [3.8, 4) is 44.5 Å². The molecule has 28 heteroatoms. The summed E-state index contributed by atoms with van der Waals surface area (Å²) in [7, 11) is 0. The van der Waals surface area contributed by atoms with Crippen molar-refractivity contribution in [2.75, 3.05) is 78.5 Å². The zero-order valence-electron chi connectivity index (χ0n) is 61.2. The standard InChI is InChI=1S/C22H25N5O2.C21H23N5O2.C20H21N5O2.C18H19N5O2/c23-10-19-17-9-15(5-6-16(17)21(28)12-24-19)18-11-25-27-8-7-26(13-20(18)27)22(29)14-3-1-2-4-14;22-9-18-16-8-14(4-5-15(16)20(27)11-23-18)17-10-24-26-7-6-25(12-19(17)26)21(28)13-2-1-3-13;21-8-17-15-7-13(3-4-14(15)19(26)10-22-17)16-9-23-25-6-5-24(11-18(16)25)20(27)12-1-2-12;1-11(24)22-4-5-23-17(10-22)15(8-21-23)12-2-3-13-14(6-12)16(7-19)20-9-18(13)25/h5-6,9,11,14H,1-4,7-8,10,12-13,23H2;4-5,8,10,13H,1-3,6-7,9,11-12,22H2;3-4,7,9,12H,1-2,5-6,8,10-11,21H2;2-3,6,8H,4-5,7,9-10,19H2,1H3. The Kier molecular flexibility index (Phi) is 20.1. The molecule has 28 nitrogen and oxygen atoms in total. The van der Waals surface area contributed by atoms with Gasteiger partial charge in [0, 0.05) is 144 Å². The van der Waals surface area contributed by atoms with Gasteiger partial charge in [0.05, 0.1) is 123 Å². The van der Waals surface area contributed by atoms with E-state index in [1.54, 1.807) is 6.92 Å². The molecule has 0 radical (unpaired) electrons. The molecule has 4 amide bonds. The zero-order chi connectivity index (χ0) is 75.3. The molecule has 8 aliphatic heterocycles. The maximum atomic E-state index is 12.9. The van der Waals surface area contributed by atoms with E-state index in [0.717, 1.165) is 170 Å². The number of carbonyl (C=O) groups excluding carboxylic acids is 8. The van der Waals surface area contributed by atoms with E-state index < -0.39 is 0 Å². The van der Waals surface area contributed by atoms with Crippen molar-refractivity contribution < 1.29 is 38.4 Å². The van der Waals surface area contributed by atoms with Crippen LogP contribution in [0.3, 0.4) is 0 Å². The van der Waals surface area contributed by atoms with Crippen LogP contribution in [0.5, 0.6) is 0 Å². The first-order chi connectivity index (χ1) is 53.0. The first-order valence-corrected chi connectivity index (χ1v) is 38.0. The van der Waals surface area contributed by atoms with Gasteiger partial charge in [0.1, 0.15) is 26.2 Å². The summed E-state index contributed by atoms with van der Waals surface area (Å²) in [6, 6.07) is 23.2. The van der Waals surface area contributed by atoms with Crippen LogP contribution in [-0.4, -0.2) is 207 Å². The summed E-state index contributed by atoms with van der Waals surface area (Å²) in [5.41, 5.74) is 44.4. The van der Waals surface area contributed by atoms with Gasteiger partial charge in [0.2, 0.25) is 23.6 Å². The third-order valence-corrected chi connectivity index (χ3v) is 23.1. The molecule has 4 aromatic carbocycles. The fourth-order valence-corrected chi connectivity index (χ4v) is 16.5. The number of rotatable bonds is 11. The van der Waals surface area contributed by atoms with Gasteiger partial charge in [0.15, 0.2) is 23.1 Å². The monoisotopic (exact) mass is 1470 g/mol. The van der Waals surface area contributed by atoms with Crippen LogP contribution < -0.4 is 22.9 Å². The molecule has 109 heavy (non-hydrogen) atoms. The van der Waals surface area contributed by atoms with Crippen molar-refractivity contribution in [1.29, 1.82) is 0 Å². The topological polar surface area (TPSA) is 374 Å². The van der Waals surface area contributed by atoms with Crippen molar-refractivity contribution in [1.82, 2.24) is 58.7 Å². The van der Waals surface area contributed by atoms with Crippen molar-refractivity contribution in [2.45, 2.75) is 117 Å². The Hall–Kier alpha value is -11.2. The maximum Gasteiger partial charge on any atom is 0.226 e. The SMILES string of the molecule is CC(=O)N1CCn2ncc(-c3ccc4c(c3)C(CN)=NCC4=O)c2C1.NCC1=NCC(=O)c2ccc(-c3cnn4c3CN(C(=O)C3CC3)CC4)cc21.NCC1=NCC(=O)c2ccc(-c3cnn4c3CN(C(=O)C3CCC3)CC4)cc21.NCC1=NCC(=O)c2ccc(-c3cnn4c3CN(C(=O)C3CCCC3)CC4)cc21. The molecule has 3 saturated carbocycles. The number of fused-ring (bicyclic) bond motifs is 8. The summed E-state index contributed by atoms with van der Waals surface area (Å²) >= 11 is 0. The molecule has 560 valence electrons. The Morgan fingerprint density at radius 1 is 0.330 bits per heavy atom. The molecule has 11 aliphatic rings. The van der Waals surface area contributed by atoms with Crippen molar-refractivity contribution in [2.24, 2.45) is 60.7 Å². The van der Waals surface area contributed by atoms with Gasteiger partial charge in [-0.25, -0.2) is 0 Å². The van der Waals surface area contributed by atoms with E-state index in [-0.39, 0.29) is 90.7 Å². The Labute approximate surface area is 629 Å². The lowest BCUT2D eigenvalue weighted by molar-refractivity contribution is -0.140. The summed E-state index contributed by atoms with van der Waals surface area (Å²) in [6.07, 6.45) is 17.0. The minimum atomic E-state index is 0.0125. The van der Waals surface area contributed by atoms with Gasteiger partial charge in [-0.15, -0.1) is 0 Å². The van der Waals surface area contributed by atoms with E-state index in [4.69, 9.17) is 22.9 Å². The van der Waals surface area contributed by atoms with Crippen LogP contribution in [-0.2, 0) is 71.5 Å². The van der Waals surface area contributed by atoms with E-state index >= 15 is 0 Å². The molecule has 0 atom stereocenters. The number of hydrogen-bond donors (Lipinski definition) is 4. The zero-order valence-corrected chi connectivity index (χ0v) is 61.2. The van der Waals surface area contributed by atoms with Crippen LogP contribution in [0, 0.1) is 17.8 Å². The summed E-state index contributed by atoms with van der Waals surface area (Å²) in [5.74, 6) is 1.58. The number of aliphatic imine (C=N–C) groups is 4. The van der Waals surface area contributed by atoms with Crippen LogP contribution >= 0.6 is 0 Å². The summed E-state index contributed by atoms with van der Waals surface area (Å²) in [6.45, 7) is 11.4. The molecule has 0 spiro atoms. The van der Waals surface area contributed by atoms with E-state index in [2.05, 4.69) is 40.4 Å². The van der Waals surface area contributed by atoms with E-state index in [1.807, 2.05) is 136 Å². The summed E-state index contributed by atoms with van der Waals surface area (Å²) in [5, 5.41) is 18.0. The molecule has 19 rings (SSSR count). The Morgan fingerprint density at radius 2 is 0.587 bits per heavy atom. The number of carbonyl (C=O) groups is 8. The van der Waals surface area contributed by atoms with Gasteiger partial charge in [-0.2, -0.15) is 20.4 Å². The number of Topliss-reactive ketones (excluding diaryl/α,β-unsaturated/α-hetero) is 4. The van der Waals surface area contributed by atoms with Crippen molar-refractivity contribution >= 4 is 69.6 Å². The van der Waals surface area contributed by atoms with E-state index in [9.17, 15) is 38.4 Å². The van der Waals surface area contributed by atoms with Gasteiger partial charge in [0.25, 0.3) is 0 Å². The van der Waals surface area contributed by atoms with Crippen LogP contribution in [0.1, 0.15) is 151 Å². The minimum Gasteiger partial charge on any atom is -0.335 e. The maximum absolute atomic E-state index is 12.9. The highest BCUT2D eigenvalue weighted by atomic mass is 16.2. The highest BCUT2D eigenvalue weighted by Gasteiger charge is 2.38. The van der Waals surface area contributed by atoms with Gasteiger partial charge in [-0.05, 0) is 85.0 Å². The van der Waals surface area contributed by atoms with E-state index in [0.29, 0.717) is 127 Å². The Morgan fingerprint density at radius 3 is 0.835 bits per heavy atom. The van der Waals surface area contributed by atoms with Crippen LogP contribution in [0.25, 0.3) is 44.5 Å². The lowest BCUT2D eigenvalue weighted by atomic mass is 9.84. The molecule has 0 unspecified atom stereocenters. The van der Waals surface area contributed by atoms with Gasteiger partial charge in [-0.3, -0.25) is 77.1 Å². The lowest BCUT2D eigenvalue weighted by Gasteiger charge is -2.34. The molecular formula is C81H88N20O8. The second-order valence-electron chi connectivity index (χ2n) is 29.6. The number of benzene rings is 4. The quantitative estimate of drug-likeness (QED) is 0.119. The van der Waals surface area contributed by atoms with Crippen LogP contribution in [0.2, 0.25) is 0 Å². The minimum absolute atomic E-state index is 0.0125. The highest BCUT2D eigenvalue weighted by molar-refractivity contribution is 6.19. The summed E-state index contributed by atoms with van der Waals surface area (Å²) in [4.78, 5) is 123. The molecule has 3 aliphatic carbocycles. The molecule has 8 aromatic rings. The molecular weight excluding hydrogens is 1380 g/mol. The molecule has 4 aromatic heterocycles. The van der Waals surface area contributed by atoms with Crippen LogP contribution in [0.4, 0.5) is 0 Å². The number of nitrogens with zero attached hydrogens (tertiary/aromatic N) is 16. The number of ketones is 4. The first kappa shape index (κ1) is 72.0. The Balaban J connectivity index is 0.000000111. The normalized spacial score (nSPS) is 18.4. The highest BCUT2D eigenvalue weighted by Crippen LogP contribution is 2.39. The summed E-state index contributed by atoms with van der Waals surface area (Å²) < 4.78 is 7.91. The number of nitrogens with two attached hydrogens (primary N) is 4. The van der Waals surface area contributed by atoms with Gasteiger partial charge >= 0.3 is 0 Å². The van der Waals surface area contributed by atoms with Gasteiger partial charge in [-0.1, -0.05) is 67.8 Å². The third-order valence-electron chi connectivity index (χ3n) is 23.1. The largest absolute Gasteiger partial charge is 0.335 e. The third kappa shape index (κ3) is 14.1. The second-order valence-corrected chi connectivity index (χ2v) is 29.6. The first-order valence-electron chi connectivity index (χ1n) is 38.0. The fraction of sp³-hybridized carbons (Fsp3) is 0.407. The number of amides is 4.